The van der Waals surface area contributed by atoms with Crippen LogP contribution >= 0.6 is 0 Å². The van der Waals surface area contributed by atoms with E-state index in [2.05, 4.69) is 10.1 Å². The Morgan fingerprint density at radius 2 is 2.37 bits per heavy atom. The normalized spacial score (nSPS) is 11.6. The lowest BCUT2D eigenvalue weighted by Crippen LogP contribution is -2.21. The molecule has 0 radical (unpaired) electrons. The fourth-order valence-corrected chi connectivity index (χ4v) is 1.22. The fourth-order valence-electron chi connectivity index (χ4n) is 1.22. The van der Waals surface area contributed by atoms with Crippen molar-refractivity contribution in [1.82, 2.24) is 9.88 Å². The SMILES string of the molecule is CN(C)CCOc1ncc([N+](=O)[O-])cc1C(N)=NO. The summed E-state index contributed by atoms with van der Waals surface area (Å²) in [7, 11) is 3.74. The molecule has 0 atom stereocenters. The minimum absolute atomic E-state index is 0.0791. The number of oxime groups is 1. The molecule has 0 aliphatic carbocycles. The number of rotatable bonds is 6. The number of nitrogens with two attached hydrogens (primary N) is 1. The lowest BCUT2D eigenvalue weighted by Gasteiger charge is -2.12. The molecule has 1 heterocycles. The second kappa shape index (κ2) is 6.50. The fraction of sp³-hybridized carbons (Fsp3) is 0.400. The zero-order valence-corrected chi connectivity index (χ0v) is 10.6. The molecule has 1 rings (SSSR count). The van der Waals surface area contributed by atoms with Crippen LogP contribution in [0.3, 0.4) is 0 Å². The van der Waals surface area contributed by atoms with E-state index in [4.69, 9.17) is 15.7 Å². The van der Waals surface area contributed by atoms with E-state index in [-0.39, 0.29) is 23.0 Å². The summed E-state index contributed by atoms with van der Waals surface area (Å²) in [4.78, 5) is 15.7. The van der Waals surface area contributed by atoms with Gasteiger partial charge in [-0.25, -0.2) is 4.98 Å². The van der Waals surface area contributed by atoms with E-state index in [1.165, 1.54) is 0 Å². The summed E-state index contributed by atoms with van der Waals surface area (Å²) in [5.41, 5.74) is 5.26. The van der Waals surface area contributed by atoms with Gasteiger partial charge in [0.2, 0.25) is 5.88 Å². The van der Waals surface area contributed by atoms with Gasteiger partial charge in [-0.3, -0.25) is 10.1 Å². The van der Waals surface area contributed by atoms with Gasteiger partial charge in [-0.15, -0.1) is 0 Å². The summed E-state index contributed by atoms with van der Waals surface area (Å²) < 4.78 is 5.36. The molecule has 0 aliphatic heterocycles. The van der Waals surface area contributed by atoms with E-state index >= 15 is 0 Å². The third kappa shape index (κ3) is 4.07. The van der Waals surface area contributed by atoms with E-state index < -0.39 is 4.92 Å². The average Bonchev–Trinajstić information content (AvgIpc) is 2.37. The Labute approximate surface area is 109 Å². The van der Waals surface area contributed by atoms with Crippen molar-refractivity contribution in [2.45, 2.75) is 0 Å². The highest BCUT2D eigenvalue weighted by atomic mass is 16.6. The summed E-state index contributed by atoms with van der Waals surface area (Å²) in [6, 6.07) is 1.15. The van der Waals surface area contributed by atoms with Crippen molar-refractivity contribution in [1.29, 1.82) is 0 Å². The third-order valence-electron chi connectivity index (χ3n) is 2.21. The number of pyridine rings is 1. The lowest BCUT2D eigenvalue weighted by molar-refractivity contribution is -0.385. The maximum Gasteiger partial charge on any atom is 0.288 e. The first kappa shape index (κ1) is 14.6. The molecule has 9 nitrogen and oxygen atoms in total. The standard InChI is InChI=1S/C10H15N5O4/c1-14(2)3-4-19-10-8(9(11)13-16)5-7(6-12-10)15(17)18/h5-6,16H,3-4H2,1-2H3,(H2,11,13). The van der Waals surface area contributed by atoms with Crippen molar-refractivity contribution in [3.8, 4) is 5.88 Å². The molecule has 0 spiro atoms. The molecule has 3 N–H and O–H groups in total. The van der Waals surface area contributed by atoms with Crippen molar-refractivity contribution < 1.29 is 14.9 Å². The molecule has 0 saturated carbocycles. The van der Waals surface area contributed by atoms with Gasteiger partial charge >= 0.3 is 0 Å². The molecule has 0 amide bonds. The first-order chi connectivity index (χ1) is 8.95. The Morgan fingerprint density at radius 3 is 2.89 bits per heavy atom. The zero-order valence-electron chi connectivity index (χ0n) is 10.6. The van der Waals surface area contributed by atoms with Crippen molar-refractivity contribution in [2.75, 3.05) is 27.2 Å². The summed E-state index contributed by atoms with van der Waals surface area (Å²) >= 11 is 0. The second-order valence-electron chi connectivity index (χ2n) is 3.94. The number of likely N-dealkylation sites (N-methyl/N-ethyl adjacent to an activating group) is 1. The molecule has 0 saturated heterocycles. The second-order valence-corrected chi connectivity index (χ2v) is 3.94. The monoisotopic (exact) mass is 269 g/mol. The van der Waals surface area contributed by atoms with Crippen molar-refractivity contribution in [2.24, 2.45) is 10.9 Å². The maximum atomic E-state index is 10.7. The summed E-state index contributed by atoms with van der Waals surface area (Å²) in [5.74, 6) is -0.209. The quantitative estimate of drug-likeness (QED) is 0.245. The van der Waals surface area contributed by atoms with Crippen molar-refractivity contribution in [3.05, 3.63) is 27.9 Å². The number of nitro groups is 1. The molecule has 0 aliphatic rings. The van der Waals surface area contributed by atoms with E-state index in [0.717, 1.165) is 12.3 Å². The van der Waals surface area contributed by atoms with E-state index in [1.807, 2.05) is 19.0 Å². The van der Waals surface area contributed by atoms with E-state index in [1.54, 1.807) is 0 Å². The minimum atomic E-state index is -0.620. The van der Waals surface area contributed by atoms with Gasteiger partial charge in [0, 0.05) is 12.6 Å². The Morgan fingerprint density at radius 1 is 1.68 bits per heavy atom. The molecule has 0 fully saturated rings. The van der Waals surface area contributed by atoms with Gasteiger partial charge < -0.3 is 20.6 Å². The van der Waals surface area contributed by atoms with Crippen molar-refractivity contribution >= 4 is 11.5 Å². The highest BCUT2D eigenvalue weighted by Crippen LogP contribution is 2.20. The summed E-state index contributed by atoms with van der Waals surface area (Å²) in [5, 5.41) is 22.1. The van der Waals surface area contributed by atoms with Crippen LogP contribution in [-0.4, -0.2) is 53.1 Å². The molecule has 104 valence electrons. The van der Waals surface area contributed by atoms with Crippen LogP contribution in [0, 0.1) is 10.1 Å². The Bertz CT molecular complexity index is 489. The summed E-state index contributed by atoms with van der Waals surface area (Å²) in [6.07, 6.45) is 1.05. The number of aromatic nitrogens is 1. The lowest BCUT2D eigenvalue weighted by atomic mass is 10.2. The number of hydrogen-bond donors (Lipinski definition) is 2. The van der Waals surface area contributed by atoms with Gasteiger partial charge in [0.25, 0.3) is 5.69 Å². The first-order valence-corrected chi connectivity index (χ1v) is 5.35. The number of amidine groups is 1. The molecular formula is C10H15N5O4. The molecule has 9 heteroatoms. The number of nitrogens with zero attached hydrogens (tertiary/aromatic N) is 4. The van der Waals surface area contributed by atoms with E-state index in [0.29, 0.717) is 13.2 Å². The van der Waals surface area contributed by atoms with Crippen LogP contribution in [0.4, 0.5) is 5.69 Å². The van der Waals surface area contributed by atoms with Crippen LogP contribution in [0.15, 0.2) is 17.4 Å². The van der Waals surface area contributed by atoms with Gasteiger partial charge in [0.05, 0.1) is 10.5 Å². The third-order valence-corrected chi connectivity index (χ3v) is 2.21. The van der Waals surface area contributed by atoms with Crippen LogP contribution in [0.1, 0.15) is 5.56 Å². The van der Waals surface area contributed by atoms with Crippen molar-refractivity contribution in [3.63, 3.8) is 0 Å². The smallest absolute Gasteiger partial charge is 0.288 e. The largest absolute Gasteiger partial charge is 0.476 e. The Kier molecular flexibility index (Phi) is 5.01. The van der Waals surface area contributed by atoms with Gasteiger partial charge in [0.1, 0.15) is 12.8 Å². The molecule has 0 bridgehead atoms. The number of hydrogen-bond acceptors (Lipinski definition) is 7. The van der Waals surface area contributed by atoms with Crippen LogP contribution in [0.2, 0.25) is 0 Å². The first-order valence-electron chi connectivity index (χ1n) is 5.35. The molecule has 1 aromatic rings. The maximum absolute atomic E-state index is 10.7. The van der Waals surface area contributed by atoms with Gasteiger partial charge in [0.15, 0.2) is 5.84 Å². The predicted octanol–water partition coefficient (Wildman–Crippen LogP) is 0.0247. The van der Waals surface area contributed by atoms with Crippen LogP contribution in [0.5, 0.6) is 5.88 Å². The topological polar surface area (TPSA) is 127 Å². The van der Waals surface area contributed by atoms with E-state index in [9.17, 15) is 10.1 Å². The molecule has 0 unspecified atom stereocenters. The van der Waals surface area contributed by atoms with Crippen LogP contribution in [0.25, 0.3) is 0 Å². The Balaban J connectivity index is 2.99. The summed E-state index contributed by atoms with van der Waals surface area (Å²) in [6.45, 7) is 0.956. The highest BCUT2D eigenvalue weighted by molar-refractivity contribution is 5.99. The molecular weight excluding hydrogens is 254 g/mol. The molecule has 19 heavy (non-hydrogen) atoms. The number of ether oxygens (including phenoxy) is 1. The molecule has 0 aromatic carbocycles. The Hall–Kier alpha value is -2.42. The predicted molar refractivity (Wildman–Crippen MR) is 67.5 cm³/mol. The van der Waals surface area contributed by atoms with Gasteiger partial charge in [-0.2, -0.15) is 0 Å². The molecule has 1 aromatic heterocycles. The minimum Gasteiger partial charge on any atom is -0.476 e. The van der Waals surface area contributed by atoms with Gasteiger partial charge in [-0.05, 0) is 14.1 Å². The zero-order chi connectivity index (χ0) is 14.4. The van der Waals surface area contributed by atoms with Crippen LogP contribution in [-0.2, 0) is 0 Å². The van der Waals surface area contributed by atoms with Crippen LogP contribution < -0.4 is 10.5 Å². The average molecular weight is 269 g/mol. The van der Waals surface area contributed by atoms with Gasteiger partial charge in [-0.1, -0.05) is 5.16 Å². The highest BCUT2D eigenvalue weighted by Gasteiger charge is 2.16.